The molecule has 0 amide bonds. The SMILES string of the molecule is O=C(CN1CCN(c2nc3cc(Cl)ccc3s2)CC1)c1ccc(F)cc1. The first-order chi connectivity index (χ1) is 12.6. The predicted molar refractivity (Wildman–Crippen MR) is 104 cm³/mol. The second kappa shape index (κ2) is 7.31. The van der Waals surface area contributed by atoms with Gasteiger partial charge in [-0.3, -0.25) is 9.69 Å². The average Bonchev–Trinajstić information content (AvgIpc) is 3.06. The minimum absolute atomic E-state index is 0.0214. The van der Waals surface area contributed by atoms with Gasteiger partial charge >= 0.3 is 0 Å². The maximum absolute atomic E-state index is 13.0. The van der Waals surface area contributed by atoms with Crippen LogP contribution in [0.4, 0.5) is 9.52 Å². The highest BCUT2D eigenvalue weighted by molar-refractivity contribution is 7.22. The van der Waals surface area contributed by atoms with Crippen molar-refractivity contribution in [3.8, 4) is 0 Å². The second-order valence-electron chi connectivity index (χ2n) is 6.30. The van der Waals surface area contributed by atoms with E-state index in [0.717, 1.165) is 41.5 Å². The molecule has 4 rings (SSSR count). The van der Waals surface area contributed by atoms with Gasteiger partial charge in [0.25, 0.3) is 0 Å². The monoisotopic (exact) mass is 389 g/mol. The Morgan fingerprint density at radius 3 is 2.58 bits per heavy atom. The molecule has 1 aromatic heterocycles. The molecule has 1 aliphatic rings. The maximum atomic E-state index is 13.0. The van der Waals surface area contributed by atoms with Gasteiger partial charge in [-0.1, -0.05) is 22.9 Å². The highest BCUT2D eigenvalue weighted by Gasteiger charge is 2.21. The Morgan fingerprint density at radius 2 is 1.85 bits per heavy atom. The molecule has 3 aromatic rings. The van der Waals surface area contributed by atoms with E-state index in [-0.39, 0.29) is 11.6 Å². The molecular weight excluding hydrogens is 373 g/mol. The fourth-order valence-corrected chi connectivity index (χ4v) is 4.22. The molecule has 1 aliphatic heterocycles. The summed E-state index contributed by atoms with van der Waals surface area (Å²) in [5, 5.41) is 1.69. The number of hydrogen-bond donors (Lipinski definition) is 0. The number of halogens is 2. The van der Waals surface area contributed by atoms with Crippen LogP contribution in [-0.4, -0.2) is 48.4 Å². The second-order valence-corrected chi connectivity index (χ2v) is 7.75. The van der Waals surface area contributed by atoms with Gasteiger partial charge in [0.05, 0.1) is 16.8 Å². The summed E-state index contributed by atoms with van der Waals surface area (Å²) in [5.74, 6) is -0.305. The summed E-state index contributed by atoms with van der Waals surface area (Å²) in [6, 6.07) is 11.5. The summed E-state index contributed by atoms with van der Waals surface area (Å²) in [5.41, 5.74) is 1.48. The molecule has 0 saturated carbocycles. The van der Waals surface area contributed by atoms with Gasteiger partial charge in [0.1, 0.15) is 5.82 Å². The van der Waals surface area contributed by atoms with Crippen LogP contribution in [0.1, 0.15) is 10.4 Å². The zero-order valence-electron chi connectivity index (χ0n) is 14.0. The van der Waals surface area contributed by atoms with Crippen molar-refractivity contribution in [2.24, 2.45) is 0 Å². The van der Waals surface area contributed by atoms with Gasteiger partial charge in [-0.2, -0.15) is 0 Å². The number of benzene rings is 2. The van der Waals surface area contributed by atoms with E-state index in [1.54, 1.807) is 23.5 Å². The minimum Gasteiger partial charge on any atom is -0.345 e. The standard InChI is InChI=1S/C19H17ClFN3OS/c20-14-3-6-18-16(11-14)22-19(26-18)24-9-7-23(8-10-24)12-17(25)13-1-4-15(21)5-2-13/h1-6,11H,7-10,12H2. The van der Waals surface area contributed by atoms with Gasteiger partial charge in [-0.15, -0.1) is 0 Å². The van der Waals surface area contributed by atoms with Crippen molar-refractivity contribution < 1.29 is 9.18 Å². The predicted octanol–water partition coefficient (Wildman–Crippen LogP) is 4.09. The molecule has 134 valence electrons. The molecule has 2 heterocycles. The largest absolute Gasteiger partial charge is 0.345 e. The number of thiazole rings is 1. The highest BCUT2D eigenvalue weighted by Crippen LogP contribution is 2.31. The van der Waals surface area contributed by atoms with Gasteiger partial charge < -0.3 is 4.90 Å². The Morgan fingerprint density at radius 1 is 1.12 bits per heavy atom. The number of carbonyl (C=O) groups is 1. The maximum Gasteiger partial charge on any atom is 0.186 e. The summed E-state index contributed by atoms with van der Waals surface area (Å²) in [7, 11) is 0. The number of rotatable bonds is 4. The van der Waals surface area contributed by atoms with Crippen molar-refractivity contribution in [1.82, 2.24) is 9.88 Å². The molecule has 0 unspecified atom stereocenters. The number of fused-ring (bicyclic) bond motifs is 1. The summed E-state index contributed by atoms with van der Waals surface area (Å²) in [6.07, 6.45) is 0. The fraction of sp³-hybridized carbons (Fsp3) is 0.263. The molecule has 7 heteroatoms. The van der Waals surface area contributed by atoms with Crippen molar-refractivity contribution in [3.63, 3.8) is 0 Å². The lowest BCUT2D eigenvalue weighted by molar-refractivity contribution is 0.0926. The highest BCUT2D eigenvalue weighted by atomic mass is 35.5. The van der Waals surface area contributed by atoms with Crippen LogP contribution in [0.3, 0.4) is 0 Å². The Bertz CT molecular complexity index is 936. The molecule has 1 saturated heterocycles. The van der Waals surface area contributed by atoms with Gasteiger partial charge in [0, 0.05) is 36.8 Å². The van der Waals surface area contributed by atoms with Gasteiger partial charge in [0.2, 0.25) is 0 Å². The summed E-state index contributed by atoms with van der Waals surface area (Å²) in [4.78, 5) is 21.4. The smallest absolute Gasteiger partial charge is 0.186 e. The lowest BCUT2D eigenvalue weighted by Crippen LogP contribution is -2.48. The Kier molecular flexibility index (Phi) is 4.89. The molecular formula is C19H17ClFN3OS. The first kappa shape index (κ1) is 17.4. The van der Waals surface area contributed by atoms with Crippen LogP contribution >= 0.6 is 22.9 Å². The van der Waals surface area contributed by atoms with E-state index in [1.807, 2.05) is 18.2 Å². The number of carbonyl (C=O) groups excluding carboxylic acids is 1. The number of piperazine rings is 1. The van der Waals surface area contributed by atoms with Crippen LogP contribution in [-0.2, 0) is 0 Å². The third-order valence-corrected chi connectivity index (χ3v) is 5.85. The minimum atomic E-state index is -0.327. The van der Waals surface area contributed by atoms with Crippen molar-refractivity contribution in [3.05, 3.63) is 58.9 Å². The number of anilines is 1. The van der Waals surface area contributed by atoms with Crippen LogP contribution in [0, 0.1) is 5.82 Å². The average molecular weight is 390 g/mol. The lowest BCUT2D eigenvalue weighted by Gasteiger charge is -2.34. The van der Waals surface area contributed by atoms with Gasteiger partial charge in [-0.25, -0.2) is 9.37 Å². The number of hydrogen-bond acceptors (Lipinski definition) is 5. The molecule has 0 spiro atoms. The molecule has 1 fully saturated rings. The molecule has 0 atom stereocenters. The first-order valence-corrected chi connectivity index (χ1v) is 9.60. The Hall–Kier alpha value is -2.02. The van der Waals surface area contributed by atoms with E-state index in [9.17, 15) is 9.18 Å². The van der Waals surface area contributed by atoms with Crippen molar-refractivity contribution in [2.45, 2.75) is 0 Å². The summed E-state index contributed by atoms with van der Waals surface area (Å²) >= 11 is 7.69. The third kappa shape index (κ3) is 3.72. The van der Waals surface area contributed by atoms with E-state index in [1.165, 1.54) is 12.1 Å². The van der Waals surface area contributed by atoms with E-state index >= 15 is 0 Å². The molecule has 0 N–H and O–H groups in total. The van der Waals surface area contributed by atoms with Gasteiger partial charge in [0.15, 0.2) is 10.9 Å². The van der Waals surface area contributed by atoms with Crippen LogP contribution in [0.2, 0.25) is 5.02 Å². The first-order valence-electron chi connectivity index (χ1n) is 8.41. The van der Waals surface area contributed by atoms with E-state index in [0.29, 0.717) is 17.1 Å². The van der Waals surface area contributed by atoms with Crippen LogP contribution < -0.4 is 4.90 Å². The van der Waals surface area contributed by atoms with Crippen molar-refractivity contribution in [2.75, 3.05) is 37.6 Å². The van der Waals surface area contributed by atoms with E-state index < -0.39 is 0 Å². The van der Waals surface area contributed by atoms with E-state index in [2.05, 4.69) is 14.8 Å². The lowest BCUT2D eigenvalue weighted by atomic mass is 10.1. The molecule has 2 aromatic carbocycles. The van der Waals surface area contributed by atoms with Crippen molar-refractivity contribution in [1.29, 1.82) is 0 Å². The Balaban J connectivity index is 1.37. The third-order valence-electron chi connectivity index (χ3n) is 4.51. The van der Waals surface area contributed by atoms with E-state index in [4.69, 9.17) is 11.6 Å². The fourth-order valence-electron chi connectivity index (χ4n) is 3.05. The van der Waals surface area contributed by atoms with Crippen LogP contribution in [0.15, 0.2) is 42.5 Å². The summed E-state index contributed by atoms with van der Waals surface area (Å²) < 4.78 is 14.1. The molecule has 0 bridgehead atoms. The van der Waals surface area contributed by atoms with Crippen LogP contribution in [0.5, 0.6) is 0 Å². The number of aromatic nitrogens is 1. The molecule has 4 nitrogen and oxygen atoms in total. The molecule has 0 radical (unpaired) electrons. The van der Waals surface area contributed by atoms with Gasteiger partial charge in [-0.05, 0) is 42.5 Å². The van der Waals surface area contributed by atoms with Crippen molar-refractivity contribution >= 4 is 44.1 Å². The zero-order chi connectivity index (χ0) is 18.1. The van der Waals surface area contributed by atoms with Crippen LogP contribution in [0.25, 0.3) is 10.2 Å². The molecule has 26 heavy (non-hydrogen) atoms. The number of ketones is 1. The summed E-state index contributed by atoms with van der Waals surface area (Å²) in [6.45, 7) is 3.59. The number of Topliss-reactive ketones (excluding diaryl/α,β-unsaturated/α-hetero) is 1. The Labute approximate surface area is 159 Å². The molecule has 0 aliphatic carbocycles. The number of nitrogens with zero attached hydrogens (tertiary/aromatic N) is 3. The zero-order valence-corrected chi connectivity index (χ0v) is 15.6. The quantitative estimate of drug-likeness (QED) is 0.629. The topological polar surface area (TPSA) is 36.4 Å². The normalized spacial score (nSPS) is 15.5.